The number of nitrogens with one attached hydrogen (secondary N) is 1. The Hall–Kier alpha value is -1.20. The van der Waals surface area contributed by atoms with Crippen LogP contribution in [0.1, 0.15) is 36.8 Å². The summed E-state index contributed by atoms with van der Waals surface area (Å²) in [7, 11) is -0.618. The molecule has 2 N–H and O–H groups in total. The monoisotopic (exact) mass is 295 g/mol. The lowest BCUT2D eigenvalue weighted by atomic mass is 10.00. The van der Waals surface area contributed by atoms with Crippen molar-refractivity contribution in [3.05, 3.63) is 35.4 Å². The third kappa shape index (κ3) is 4.15. The van der Waals surface area contributed by atoms with Gasteiger partial charge in [0.25, 0.3) is 0 Å². The highest BCUT2D eigenvalue weighted by molar-refractivity contribution is 7.85. The van der Waals surface area contributed by atoms with E-state index in [1.807, 2.05) is 24.3 Å². The molecule has 20 heavy (non-hydrogen) atoms. The third-order valence-electron chi connectivity index (χ3n) is 3.83. The van der Waals surface area contributed by atoms with Crippen LogP contribution in [0.2, 0.25) is 0 Å². The van der Waals surface area contributed by atoms with Crippen molar-refractivity contribution < 1.29 is 14.1 Å². The van der Waals surface area contributed by atoms with Crippen LogP contribution in [0.4, 0.5) is 0 Å². The maximum absolute atomic E-state index is 11.3. The minimum absolute atomic E-state index is 0.449. The van der Waals surface area contributed by atoms with E-state index >= 15 is 0 Å². The zero-order valence-corrected chi connectivity index (χ0v) is 12.5. The normalized spacial score (nSPS) is 24.2. The summed E-state index contributed by atoms with van der Waals surface area (Å²) in [4.78, 5) is 10.9. The number of carbonyl (C=O) groups is 1. The molecule has 0 aromatic heterocycles. The van der Waals surface area contributed by atoms with Crippen molar-refractivity contribution in [3.8, 4) is 0 Å². The fourth-order valence-electron chi connectivity index (χ4n) is 2.33. The standard InChI is InChI=1S/C15H21NO3S/c1-11(15(17)18)13-4-2-12(3-5-13)10-16-14-6-8-20(19)9-7-14/h2-5,11,14,16H,6-10H2,1H3,(H,17,18). The maximum Gasteiger partial charge on any atom is 0.310 e. The zero-order chi connectivity index (χ0) is 14.5. The Morgan fingerprint density at radius 3 is 2.50 bits per heavy atom. The van der Waals surface area contributed by atoms with Crippen LogP contribution in [0, 0.1) is 0 Å². The molecular formula is C15H21NO3S. The Morgan fingerprint density at radius 1 is 1.35 bits per heavy atom. The number of hydrogen-bond donors (Lipinski definition) is 2. The van der Waals surface area contributed by atoms with Crippen molar-refractivity contribution in [1.82, 2.24) is 5.32 Å². The van der Waals surface area contributed by atoms with Crippen molar-refractivity contribution in [3.63, 3.8) is 0 Å². The van der Waals surface area contributed by atoms with Crippen LogP contribution in [-0.2, 0) is 22.1 Å². The fraction of sp³-hybridized carbons (Fsp3) is 0.533. The van der Waals surface area contributed by atoms with Crippen LogP contribution in [-0.4, -0.2) is 32.8 Å². The molecule has 110 valence electrons. The van der Waals surface area contributed by atoms with Gasteiger partial charge in [0.1, 0.15) is 0 Å². The lowest BCUT2D eigenvalue weighted by Gasteiger charge is -2.22. The number of rotatable bonds is 5. The van der Waals surface area contributed by atoms with Crippen LogP contribution in [0.25, 0.3) is 0 Å². The van der Waals surface area contributed by atoms with Gasteiger partial charge in [-0.3, -0.25) is 9.00 Å². The van der Waals surface area contributed by atoms with Gasteiger partial charge < -0.3 is 10.4 Å². The summed E-state index contributed by atoms with van der Waals surface area (Å²) in [6, 6.07) is 8.16. The molecule has 1 heterocycles. The smallest absolute Gasteiger partial charge is 0.310 e. The first-order valence-corrected chi connectivity index (χ1v) is 8.45. The van der Waals surface area contributed by atoms with Crippen molar-refractivity contribution in [2.45, 2.75) is 38.3 Å². The SMILES string of the molecule is CC(C(=O)O)c1ccc(CNC2CCS(=O)CC2)cc1. The van der Waals surface area contributed by atoms with Gasteiger partial charge in [-0.25, -0.2) is 0 Å². The molecule has 0 radical (unpaired) electrons. The number of benzene rings is 1. The number of aliphatic carboxylic acids is 1. The number of carboxylic acid groups (broad SMARTS) is 1. The second-order valence-electron chi connectivity index (χ2n) is 5.30. The topological polar surface area (TPSA) is 66.4 Å². The summed E-state index contributed by atoms with van der Waals surface area (Å²) < 4.78 is 11.3. The number of carboxylic acids is 1. The quantitative estimate of drug-likeness (QED) is 0.870. The van der Waals surface area contributed by atoms with E-state index in [9.17, 15) is 9.00 Å². The molecule has 1 aromatic rings. The molecule has 0 spiro atoms. The van der Waals surface area contributed by atoms with Gasteiger partial charge in [0.05, 0.1) is 5.92 Å². The summed E-state index contributed by atoms with van der Waals surface area (Å²) in [6.07, 6.45) is 1.95. The van der Waals surface area contributed by atoms with Crippen LogP contribution in [0.3, 0.4) is 0 Å². The lowest BCUT2D eigenvalue weighted by Crippen LogP contribution is -2.35. The van der Waals surface area contributed by atoms with Gasteiger partial charge in [0.2, 0.25) is 0 Å². The van der Waals surface area contributed by atoms with Crippen LogP contribution in [0.5, 0.6) is 0 Å². The molecule has 1 aromatic carbocycles. The highest BCUT2D eigenvalue weighted by Crippen LogP contribution is 2.16. The highest BCUT2D eigenvalue weighted by atomic mass is 32.2. The van der Waals surface area contributed by atoms with Crippen LogP contribution >= 0.6 is 0 Å². The Bertz CT molecular complexity index is 476. The molecule has 1 aliphatic rings. The Kier molecular flexibility index (Phi) is 5.31. The summed E-state index contributed by atoms with van der Waals surface area (Å²) >= 11 is 0. The average Bonchev–Trinajstić information content (AvgIpc) is 2.46. The molecule has 2 rings (SSSR count). The molecule has 1 aliphatic heterocycles. The van der Waals surface area contributed by atoms with Gasteiger partial charge in [0, 0.05) is 34.9 Å². The minimum atomic E-state index is -0.800. The van der Waals surface area contributed by atoms with Crippen LogP contribution < -0.4 is 5.32 Å². The first kappa shape index (κ1) is 15.2. The van der Waals surface area contributed by atoms with E-state index in [-0.39, 0.29) is 0 Å². The second kappa shape index (κ2) is 6.99. The highest BCUT2D eigenvalue weighted by Gasteiger charge is 2.17. The molecular weight excluding hydrogens is 274 g/mol. The zero-order valence-electron chi connectivity index (χ0n) is 11.7. The molecule has 1 unspecified atom stereocenters. The first-order chi connectivity index (χ1) is 9.56. The molecule has 1 atom stereocenters. The molecule has 0 aliphatic carbocycles. The van der Waals surface area contributed by atoms with E-state index in [2.05, 4.69) is 5.32 Å². The molecule has 4 nitrogen and oxygen atoms in total. The first-order valence-electron chi connectivity index (χ1n) is 6.96. The van der Waals surface area contributed by atoms with Gasteiger partial charge >= 0.3 is 5.97 Å². The number of hydrogen-bond acceptors (Lipinski definition) is 3. The van der Waals surface area contributed by atoms with E-state index < -0.39 is 22.7 Å². The minimum Gasteiger partial charge on any atom is -0.481 e. The molecule has 0 amide bonds. The molecule has 1 fully saturated rings. The summed E-state index contributed by atoms with van der Waals surface area (Å²) in [5, 5.41) is 12.4. The molecule has 0 saturated carbocycles. The Balaban J connectivity index is 1.85. The maximum atomic E-state index is 11.3. The molecule has 5 heteroatoms. The van der Waals surface area contributed by atoms with E-state index in [0.29, 0.717) is 6.04 Å². The average molecular weight is 295 g/mol. The Labute approximate surface area is 122 Å². The third-order valence-corrected chi connectivity index (χ3v) is 5.22. The second-order valence-corrected chi connectivity index (χ2v) is 7.00. The van der Waals surface area contributed by atoms with E-state index in [1.165, 1.54) is 0 Å². The summed E-state index contributed by atoms with van der Waals surface area (Å²) in [6.45, 7) is 2.47. The van der Waals surface area contributed by atoms with Crippen molar-refractivity contribution >= 4 is 16.8 Å². The van der Waals surface area contributed by atoms with Gasteiger partial charge in [-0.1, -0.05) is 24.3 Å². The summed E-state index contributed by atoms with van der Waals surface area (Å²) in [5.74, 6) is 0.329. The lowest BCUT2D eigenvalue weighted by molar-refractivity contribution is -0.138. The van der Waals surface area contributed by atoms with Gasteiger partial charge in [-0.2, -0.15) is 0 Å². The van der Waals surface area contributed by atoms with E-state index in [0.717, 1.165) is 42.0 Å². The predicted molar refractivity (Wildman–Crippen MR) is 80.2 cm³/mol. The van der Waals surface area contributed by atoms with Crippen molar-refractivity contribution in [2.24, 2.45) is 0 Å². The Morgan fingerprint density at radius 2 is 1.95 bits per heavy atom. The van der Waals surface area contributed by atoms with E-state index in [4.69, 9.17) is 5.11 Å². The fourth-order valence-corrected chi connectivity index (χ4v) is 3.63. The largest absolute Gasteiger partial charge is 0.481 e. The van der Waals surface area contributed by atoms with Crippen LogP contribution in [0.15, 0.2) is 24.3 Å². The molecule has 0 bridgehead atoms. The van der Waals surface area contributed by atoms with Gasteiger partial charge in [0.15, 0.2) is 0 Å². The van der Waals surface area contributed by atoms with Crippen molar-refractivity contribution in [2.75, 3.05) is 11.5 Å². The van der Waals surface area contributed by atoms with E-state index in [1.54, 1.807) is 6.92 Å². The summed E-state index contributed by atoms with van der Waals surface area (Å²) in [5.41, 5.74) is 1.98. The molecule has 1 saturated heterocycles. The van der Waals surface area contributed by atoms with Gasteiger partial charge in [-0.05, 0) is 30.9 Å². The predicted octanol–water partition coefficient (Wildman–Crippen LogP) is 1.88. The van der Waals surface area contributed by atoms with Gasteiger partial charge in [-0.15, -0.1) is 0 Å². The van der Waals surface area contributed by atoms with Crippen molar-refractivity contribution in [1.29, 1.82) is 0 Å².